The Morgan fingerprint density at radius 3 is 3.00 bits per heavy atom. The van der Waals surface area contributed by atoms with Gasteiger partial charge in [-0.2, -0.15) is 0 Å². The smallest absolute Gasteiger partial charge is 0.222 e. The molecular formula is C12H24N2O. The van der Waals surface area contributed by atoms with Crippen molar-refractivity contribution >= 4 is 5.91 Å². The van der Waals surface area contributed by atoms with Crippen molar-refractivity contribution in [3.63, 3.8) is 0 Å². The van der Waals surface area contributed by atoms with E-state index in [4.69, 9.17) is 0 Å². The lowest BCUT2D eigenvalue weighted by atomic mass is 10.1. The minimum Gasteiger partial charge on any atom is -0.356 e. The van der Waals surface area contributed by atoms with E-state index in [1.165, 1.54) is 12.8 Å². The highest BCUT2D eigenvalue weighted by atomic mass is 16.1. The number of rotatable bonds is 6. The third-order valence-corrected chi connectivity index (χ3v) is 3.12. The molecule has 2 N–H and O–H groups in total. The minimum absolute atomic E-state index is 0.173. The Balaban J connectivity index is 2.05. The zero-order chi connectivity index (χ0) is 11.1. The summed E-state index contributed by atoms with van der Waals surface area (Å²) in [6, 6.07) is 0.631. The summed E-state index contributed by atoms with van der Waals surface area (Å²) in [6.45, 7) is 6.09. The lowest BCUT2D eigenvalue weighted by Crippen LogP contribution is -2.33. The van der Waals surface area contributed by atoms with E-state index < -0.39 is 0 Å². The SMILES string of the molecule is CCCC(C)C(=O)NCC[C@H]1CCCN1. The first-order valence-corrected chi connectivity index (χ1v) is 6.25. The number of amides is 1. The number of hydrogen-bond acceptors (Lipinski definition) is 2. The Labute approximate surface area is 93.0 Å². The van der Waals surface area contributed by atoms with Gasteiger partial charge in [-0.1, -0.05) is 20.3 Å². The third-order valence-electron chi connectivity index (χ3n) is 3.12. The van der Waals surface area contributed by atoms with Crippen molar-refractivity contribution in [3.8, 4) is 0 Å². The summed E-state index contributed by atoms with van der Waals surface area (Å²) in [5.74, 6) is 0.390. The molecule has 1 aliphatic heterocycles. The van der Waals surface area contributed by atoms with Crippen molar-refractivity contribution in [1.29, 1.82) is 0 Å². The van der Waals surface area contributed by atoms with Crippen molar-refractivity contribution in [2.24, 2.45) is 5.92 Å². The molecule has 3 heteroatoms. The van der Waals surface area contributed by atoms with Crippen LogP contribution in [0.5, 0.6) is 0 Å². The average molecular weight is 212 g/mol. The van der Waals surface area contributed by atoms with Crippen molar-refractivity contribution in [2.45, 2.75) is 52.0 Å². The topological polar surface area (TPSA) is 41.1 Å². The van der Waals surface area contributed by atoms with E-state index in [1.807, 2.05) is 6.92 Å². The van der Waals surface area contributed by atoms with E-state index in [2.05, 4.69) is 17.6 Å². The Hall–Kier alpha value is -0.570. The first-order chi connectivity index (χ1) is 7.24. The molecule has 0 aromatic carbocycles. The zero-order valence-electron chi connectivity index (χ0n) is 10.0. The van der Waals surface area contributed by atoms with E-state index in [9.17, 15) is 4.79 Å². The molecule has 1 unspecified atom stereocenters. The molecule has 15 heavy (non-hydrogen) atoms. The molecule has 0 aromatic heterocycles. The molecule has 0 saturated carbocycles. The molecule has 0 spiro atoms. The molecule has 1 saturated heterocycles. The predicted molar refractivity (Wildman–Crippen MR) is 62.7 cm³/mol. The quantitative estimate of drug-likeness (QED) is 0.703. The van der Waals surface area contributed by atoms with Gasteiger partial charge in [0.25, 0.3) is 0 Å². The molecule has 3 nitrogen and oxygen atoms in total. The summed E-state index contributed by atoms with van der Waals surface area (Å²) in [4.78, 5) is 11.6. The molecule has 1 rings (SSSR count). The maximum atomic E-state index is 11.6. The highest BCUT2D eigenvalue weighted by molar-refractivity contribution is 5.78. The molecule has 88 valence electrons. The van der Waals surface area contributed by atoms with E-state index in [1.54, 1.807) is 0 Å². The largest absolute Gasteiger partial charge is 0.356 e. The van der Waals surface area contributed by atoms with Crippen LogP contribution in [0.3, 0.4) is 0 Å². The molecule has 0 aliphatic carbocycles. The van der Waals surface area contributed by atoms with Gasteiger partial charge in [0, 0.05) is 18.5 Å². The van der Waals surface area contributed by atoms with Crippen LogP contribution in [0.2, 0.25) is 0 Å². The van der Waals surface area contributed by atoms with Crippen LogP contribution in [0, 0.1) is 5.92 Å². The summed E-state index contributed by atoms with van der Waals surface area (Å²) in [6.07, 6.45) is 5.70. The van der Waals surface area contributed by atoms with E-state index in [0.717, 1.165) is 32.4 Å². The monoisotopic (exact) mass is 212 g/mol. The van der Waals surface area contributed by atoms with Crippen molar-refractivity contribution < 1.29 is 4.79 Å². The molecule has 1 amide bonds. The van der Waals surface area contributed by atoms with Crippen molar-refractivity contribution in [1.82, 2.24) is 10.6 Å². The van der Waals surface area contributed by atoms with Crippen molar-refractivity contribution in [3.05, 3.63) is 0 Å². The fraction of sp³-hybridized carbons (Fsp3) is 0.917. The van der Waals surface area contributed by atoms with Crippen LogP contribution < -0.4 is 10.6 Å². The van der Waals surface area contributed by atoms with Gasteiger partial charge in [-0.25, -0.2) is 0 Å². The lowest BCUT2D eigenvalue weighted by Gasteiger charge is -2.13. The number of carbonyl (C=O) groups is 1. The summed E-state index contributed by atoms with van der Waals surface area (Å²) >= 11 is 0. The molecule has 0 aromatic rings. The first kappa shape index (κ1) is 12.5. The third kappa shape index (κ3) is 4.65. The van der Waals surface area contributed by atoms with Crippen LogP contribution in [0.25, 0.3) is 0 Å². The molecule has 0 bridgehead atoms. The fourth-order valence-electron chi connectivity index (χ4n) is 2.11. The van der Waals surface area contributed by atoms with E-state index >= 15 is 0 Å². The van der Waals surface area contributed by atoms with Crippen LogP contribution in [-0.4, -0.2) is 25.0 Å². The second-order valence-corrected chi connectivity index (χ2v) is 4.56. The highest BCUT2D eigenvalue weighted by Crippen LogP contribution is 2.08. The van der Waals surface area contributed by atoms with Crippen molar-refractivity contribution in [2.75, 3.05) is 13.1 Å². The number of nitrogens with one attached hydrogen (secondary N) is 2. The lowest BCUT2D eigenvalue weighted by molar-refractivity contribution is -0.124. The predicted octanol–water partition coefficient (Wildman–Crippen LogP) is 1.68. The normalized spacial score (nSPS) is 22.7. The van der Waals surface area contributed by atoms with Gasteiger partial charge in [0.2, 0.25) is 5.91 Å². The van der Waals surface area contributed by atoms with Gasteiger partial charge >= 0.3 is 0 Å². The standard InChI is InChI=1S/C12H24N2O/c1-3-5-10(2)12(15)14-9-7-11-6-4-8-13-11/h10-11,13H,3-9H2,1-2H3,(H,14,15)/t10?,11-/m1/s1. The first-order valence-electron chi connectivity index (χ1n) is 6.25. The molecule has 1 aliphatic rings. The second kappa shape index (κ2) is 6.83. The van der Waals surface area contributed by atoms with E-state index in [-0.39, 0.29) is 11.8 Å². The van der Waals surface area contributed by atoms with Gasteiger partial charge in [-0.15, -0.1) is 0 Å². The number of hydrogen-bond donors (Lipinski definition) is 2. The second-order valence-electron chi connectivity index (χ2n) is 4.56. The minimum atomic E-state index is 0.173. The van der Waals surface area contributed by atoms with Gasteiger partial charge in [0.15, 0.2) is 0 Å². The summed E-state index contributed by atoms with van der Waals surface area (Å²) in [5, 5.41) is 6.45. The fourth-order valence-corrected chi connectivity index (χ4v) is 2.11. The van der Waals surface area contributed by atoms with Gasteiger partial charge in [0.05, 0.1) is 0 Å². The van der Waals surface area contributed by atoms with Gasteiger partial charge in [0.1, 0.15) is 0 Å². The maximum Gasteiger partial charge on any atom is 0.222 e. The zero-order valence-corrected chi connectivity index (χ0v) is 10.0. The Morgan fingerprint density at radius 2 is 2.40 bits per heavy atom. The van der Waals surface area contributed by atoms with Crippen LogP contribution >= 0.6 is 0 Å². The van der Waals surface area contributed by atoms with Gasteiger partial charge in [-0.3, -0.25) is 4.79 Å². The summed E-state index contributed by atoms with van der Waals surface area (Å²) in [5.41, 5.74) is 0. The molecule has 1 heterocycles. The Morgan fingerprint density at radius 1 is 1.60 bits per heavy atom. The van der Waals surface area contributed by atoms with Crippen LogP contribution in [0.4, 0.5) is 0 Å². The highest BCUT2D eigenvalue weighted by Gasteiger charge is 2.15. The van der Waals surface area contributed by atoms with Gasteiger partial charge < -0.3 is 10.6 Å². The Kier molecular flexibility index (Phi) is 5.69. The Bertz CT molecular complexity index is 188. The maximum absolute atomic E-state index is 11.6. The molecule has 1 fully saturated rings. The van der Waals surface area contributed by atoms with Gasteiger partial charge in [-0.05, 0) is 32.2 Å². The van der Waals surface area contributed by atoms with Crippen LogP contribution in [0.1, 0.15) is 46.0 Å². The van der Waals surface area contributed by atoms with Crippen LogP contribution in [-0.2, 0) is 4.79 Å². The summed E-state index contributed by atoms with van der Waals surface area (Å²) in [7, 11) is 0. The summed E-state index contributed by atoms with van der Waals surface area (Å²) < 4.78 is 0. The van der Waals surface area contributed by atoms with E-state index in [0.29, 0.717) is 6.04 Å². The molecule has 2 atom stereocenters. The van der Waals surface area contributed by atoms with Crippen LogP contribution in [0.15, 0.2) is 0 Å². The molecular weight excluding hydrogens is 188 g/mol. The average Bonchev–Trinajstić information content (AvgIpc) is 2.71. The number of carbonyl (C=O) groups excluding carboxylic acids is 1. The molecule has 0 radical (unpaired) electrons.